The van der Waals surface area contributed by atoms with E-state index in [1.807, 2.05) is 0 Å². The summed E-state index contributed by atoms with van der Waals surface area (Å²) in [5.74, 6) is -0.714. The van der Waals surface area contributed by atoms with Crippen molar-refractivity contribution in [3.05, 3.63) is 35.9 Å². The lowest BCUT2D eigenvalue weighted by molar-refractivity contribution is -0.435. The number of hydrogen-bond acceptors (Lipinski definition) is 10. The first-order valence-corrected chi connectivity index (χ1v) is 7.95. The van der Waals surface area contributed by atoms with E-state index in [4.69, 9.17) is 25.8 Å². The largest absolute Gasteiger partial charge is 0.393 e. The minimum absolute atomic E-state index is 0.435. The van der Waals surface area contributed by atoms with E-state index in [1.54, 1.807) is 30.3 Å². The van der Waals surface area contributed by atoms with Gasteiger partial charge in [0.1, 0.15) is 6.10 Å². The van der Waals surface area contributed by atoms with Gasteiger partial charge in [0, 0.05) is 7.77 Å². The van der Waals surface area contributed by atoms with Crippen molar-refractivity contribution in [3.8, 4) is 0 Å². The van der Waals surface area contributed by atoms with Gasteiger partial charge >= 0.3 is 0 Å². The van der Waals surface area contributed by atoms with E-state index in [0.717, 1.165) is 0 Å². The van der Waals surface area contributed by atoms with Crippen LogP contribution in [-0.4, -0.2) is 70.4 Å². The zero-order chi connectivity index (χ0) is 20.9. The van der Waals surface area contributed by atoms with Crippen molar-refractivity contribution in [1.29, 1.82) is 0 Å². The molecular formula is C17H26O10. The van der Waals surface area contributed by atoms with E-state index < -0.39 is 43.2 Å². The molecule has 154 valence electrons. The maximum atomic E-state index is 13.0. The molecule has 0 saturated carbocycles. The lowest BCUT2D eigenvalue weighted by Gasteiger charge is -2.32. The van der Waals surface area contributed by atoms with Crippen LogP contribution in [0, 0.1) is 0 Å². The zero-order valence-electron chi connectivity index (χ0n) is 16.6. The standard InChI is InChI=1S/C17H26O10/c1-20-24-14(11-18)16(26-22-3)17(27-23-4)15(25-21-2)13(19)10-12-8-6-5-7-9-12/h5-9,14-18H,10-11H2,1-4H3/t14-,15+,16+,17-/m1/s1/i10D/t10?,14-,15+,16+,17-. The summed E-state index contributed by atoms with van der Waals surface area (Å²) in [7, 11) is 4.82. The minimum Gasteiger partial charge on any atom is -0.393 e. The first-order valence-electron chi connectivity index (χ1n) is 8.53. The molecule has 1 rings (SSSR count). The van der Waals surface area contributed by atoms with E-state index in [-0.39, 0.29) is 0 Å². The SMILES string of the molecule is [2H]C(C(=O)[C@H](OOC)[C@@H](OOC)[C@@H](OOC)[C@@H](CO)OOC)c1ccccc1. The average molecular weight is 391 g/mol. The van der Waals surface area contributed by atoms with Gasteiger partial charge in [0.25, 0.3) is 0 Å². The molecule has 0 aromatic heterocycles. The molecular weight excluding hydrogens is 364 g/mol. The van der Waals surface area contributed by atoms with Crippen molar-refractivity contribution >= 4 is 5.78 Å². The Kier molecular flexibility index (Phi) is 11.0. The van der Waals surface area contributed by atoms with E-state index >= 15 is 0 Å². The minimum atomic E-state index is -1.50. The molecule has 5 atom stereocenters. The Balaban J connectivity index is 3.21. The lowest BCUT2D eigenvalue weighted by Crippen LogP contribution is -2.53. The van der Waals surface area contributed by atoms with Gasteiger partial charge in [-0.3, -0.25) is 4.79 Å². The predicted molar refractivity (Wildman–Crippen MR) is 89.8 cm³/mol. The molecule has 0 radical (unpaired) electrons. The molecule has 0 bridgehead atoms. The number of ketones is 1. The number of aliphatic hydroxyl groups is 1. The number of carbonyl (C=O) groups is 1. The predicted octanol–water partition coefficient (Wildman–Crippen LogP) is 0.577. The Morgan fingerprint density at radius 3 is 2.00 bits per heavy atom. The molecule has 27 heavy (non-hydrogen) atoms. The third-order valence-electron chi connectivity index (χ3n) is 3.39. The van der Waals surface area contributed by atoms with Crippen molar-refractivity contribution in [1.82, 2.24) is 0 Å². The number of hydrogen-bond donors (Lipinski definition) is 1. The smallest absolute Gasteiger partial charge is 0.183 e. The zero-order valence-corrected chi connectivity index (χ0v) is 15.6. The topological polar surface area (TPSA) is 111 Å². The Hall–Kier alpha value is -1.47. The van der Waals surface area contributed by atoms with Crippen LogP contribution in [0.1, 0.15) is 6.93 Å². The summed E-state index contributed by atoms with van der Waals surface area (Å²) < 4.78 is 8.27. The van der Waals surface area contributed by atoms with E-state index in [0.29, 0.717) is 5.56 Å². The first kappa shape index (κ1) is 21.8. The molecule has 0 aliphatic heterocycles. The van der Waals surface area contributed by atoms with E-state index in [1.165, 1.54) is 28.4 Å². The Bertz CT molecular complexity index is 546. The molecule has 0 aliphatic carbocycles. The Labute approximate surface area is 158 Å². The van der Waals surface area contributed by atoms with Gasteiger partial charge in [-0.15, -0.1) is 0 Å². The normalized spacial score (nSPS) is 17.6. The summed E-state index contributed by atoms with van der Waals surface area (Å²) in [6.45, 7) is -0.581. The summed E-state index contributed by atoms with van der Waals surface area (Å²) in [5, 5.41) is 9.58. The van der Waals surface area contributed by atoms with Crippen LogP contribution >= 0.6 is 0 Å². The maximum absolute atomic E-state index is 13.0. The molecule has 1 aromatic carbocycles. The second-order valence-corrected chi connectivity index (χ2v) is 5.08. The maximum Gasteiger partial charge on any atom is 0.183 e. The third kappa shape index (κ3) is 7.58. The molecule has 1 N–H and O–H groups in total. The quantitative estimate of drug-likeness (QED) is 0.336. The third-order valence-corrected chi connectivity index (χ3v) is 3.39. The second-order valence-electron chi connectivity index (χ2n) is 5.08. The second kappa shape index (κ2) is 13.7. The van der Waals surface area contributed by atoms with Crippen LogP contribution in [0.2, 0.25) is 0 Å². The summed E-state index contributed by atoms with van der Waals surface area (Å²) in [6, 6.07) is 8.41. The number of aliphatic hydroxyl groups excluding tert-OH is 1. The average Bonchev–Trinajstić information content (AvgIpc) is 2.73. The van der Waals surface area contributed by atoms with Crippen molar-refractivity contribution < 1.29 is 50.4 Å². The van der Waals surface area contributed by atoms with E-state index in [2.05, 4.69) is 14.7 Å². The highest BCUT2D eigenvalue weighted by Crippen LogP contribution is 2.20. The van der Waals surface area contributed by atoms with Gasteiger partial charge in [-0.2, -0.15) is 0 Å². The molecule has 0 fully saturated rings. The number of carbonyl (C=O) groups excluding carboxylic acids is 1. The van der Waals surface area contributed by atoms with Crippen LogP contribution in [0.25, 0.3) is 0 Å². The highest BCUT2D eigenvalue weighted by atomic mass is 17.2. The highest BCUT2D eigenvalue weighted by Gasteiger charge is 2.44. The van der Waals surface area contributed by atoms with Crippen molar-refractivity contribution in [3.63, 3.8) is 0 Å². The molecule has 1 aromatic rings. The van der Waals surface area contributed by atoms with Crippen LogP contribution in [0.3, 0.4) is 0 Å². The molecule has 0 heterocycles. The summed E-state index contributed by atoms with van der Waals surface area (Å²) in [5.41, 5.74) is 0.435. The first-order chi connectivity index (χ1) is 13.5. The van der Waals surface area contributed by atoms with Gasteiger partial charge in [-0.05, 0) is 5.56 Å². The molecule has 0 aliphatic rings. The molecule has 0 spiro atoms. The molecule has 0 amide bonds. The van der Waals surface area contributed by atoms with Gasteiger partial charge in [0.15, 0.2) is 24.1 Å². The molecule has 0 saturated heterocycles. The van der Waals surface area contributed by atoms with Crippen LogP contribution in [0.5, 0.6) is 0 Å². The summed E-state index contributed by atoms with van der Waals surface area (Å²) in [4.78, 5) is 51.9. The fraction of sp³-hybridized carbons (Fsp3) is 0.588. The van der Waals surface area contributed by atoms with Gasteiger partial charge < -0.3 is 5.11 Å². The summed E-state index contributed by atoms with van der Waals surface area (Å²) >= 11 is 0. The van der Waals surface area contributed by atoms with Crippen molar-refractivity contribution in [2.24, 2.45) is 0 Å². The number of rotatable bonds is 15. The Morgan fingerprint density at radius 1 is 0.926 bits per heavy atom. The van der Waals surface area contributed by atoms with Crippen LogP contribution in [0.4, 0.5) is 0 Å². The Morgan fingerprint density at radius 2 is 1.48 bits per heavy atom. The number of Topliss-reactive ketones (excluding diaryl/α,β-unsaturated/α-hetero) is 1. The van der Waals surface area contributed by atoms with E-state index in [9.17, 15) is 9.90 Å². The van der Waals surface area contributed by atoms with Gasteiger partial charge in [0.05, 0.1) is 35.0 Å². The fourth-order valence-corrected chi connectivity index (χ4v) is 2.30. The molecule has 1 unspecified atom stereocenters. The summed E-state index contributed by atoms with van der Waals surface area (Å²) in [6.07, 6.45) is -6.59. The lowest BCUT2D eigenvalue weighted by atomic mass is 9.96. The fourth-order valence-electron chi connectivity index (χ4n) is 2.30. The molecule has 10 nitrogen and oxygen atoms in total. The van der Waals surface area contributed by atoms with Gasteiger partial charge in [-0.1, -0.05) is 30.3 Å². The van der Waals surface area contributed by atoms with Crippen LogP contribution < -0.4 is 0 Å². The number of benzene rings is 1. The van der Waals surface area contributed by atoms with Gasteiger partial charge in [-0.25, -0.2) is 39.1 Å². The monoisotopic (exact) mass is 391 g/mol. The van der Waals surface area contributed by atoms with Crippen molar-refractivity contribution in [2.45, 2.75) is 30.8 Å². The van der Waals surface area contributed by atoms with Crippen molar-refractivity contribution in [2.75, 3.05) is 35.0 Å². The van der Waals surface area contributed by atoms with Gasteiger partial charge in [0.2, 0.25) is 0 Å². The van der Waals surface area contributed by atoms with Crippen LogP contribution in [-0.2, 0) is 50.3 Å². The molecule has 10 heteroatoms. The van der Waals surface area contributed by atoms with Crippen LogP contribution in [0.15, 0.2) is 30.3 Å². The highest BCUT2D eigenvalue weighted by molar-refractivity contribution is 5.85.